The van der Waals surface area contributed by atoms with E-state index < -0.39 is 5.97 Å². The summed E-state index contributed by atoms with van der Waals surface area (Å²) < 4.78 is 15.1. The van der Waals surface area contributed by atoms with E-state index in [4.69, 9.17) is 19.4 Å². The maximum Gasteiger partial charge on any atom is 0.375 e. The van der Waals surface area contributed by atoms with E-state index in [1.54, 1.807) is 30.6 Å². The molecule has 1 aliphatic heterocycles. The largest absolute Gasteiger partial charge is 0.460 e. The minimum atomic E-state index is -0.703. The zero-order valence-corrected chi connectivity index (χ0v) is 10.4. The van der Waals surface area contributed by atoms with Crippen LogP contribution in [0.15, 0.2) is 23.2 Å². The lowest BCUT2D eigenvalue weighted by Gasteiger charge is -2.04. The second kappa shape index (κ2) is 6.05. The fourth-order valence-corrected chi connectivity index (χ4v) is 1.55. The molecule has 7 nitrogen and oxygen atoms in total. The Kier molecular flexibility index (Phi) is 4.19. The molecule has 0 fully saturated rings. The van der Waals surface area contributed by atoms with E-state index in [1.807, 2.05) is 0 Å². The van der Waals surface area contributed by atoms with Crippen molar-refractivity contribution in [3.8, 4) is 11.5 Å². The molecular weight excluding hydrogens is 252 g/mol. The number of fused-ring (bicyclic) bond motifs is 1. The van der Waals surface area contributed by atoms with E-state index in [2.05, 4.69) is 4.99 Å². The lowest BCUT2D eigenvalue weighted by molar-refractivity contribution is -0.135. The third kappa shape index (κ3) is 3.14. The quantitative estimate of drug-likeness (QED) is 0.365. The summed E-state index contributed by atoms with van der Waals surface area (Å²) >= 11 is 0. The molecule has 1 aromatic rings. The molecule has 7 heteroatoms. The summed E-state index contributed by atoms with van der Waals surface area (Å²) in [5.41, 5.74) is 2.55. The second-order valence-corrected chi connectivity index (χ2v) is 3.68. The second-order valence-electron chi connectivity index (χ2n) is 3.68. The Balaban J connectivity index is 2.05. The highest BCUT2D eigenvalue weighted by Gasteiger charge is 2.14. The maximum absolute atomic E-state index is 11.4. The van der Waals surface area contributed by atoms with Crippen LogP contribution in [-0.2, 0) is 16.1 Å². The number of esters is 1. The molecule has 1 heterocycles. The van der Waals surface area contributed by atoms with E-state index in [-0.39, 0.29) is 25.8 Å². The predicted octanol–water partition coefficient (Wildman–Crippen LogP) is 0.856. The van der Waals surface area contributed by atoms with Gasteiger partial charge in [-0.1, -0.05) is 6.07 Å². The van der Waals surface area contributed by atoms with Crippen LogP contribution >= 0.6 is 0 Å². The summed E-state index contributed by atoms with van der Waals surface area (Å²) in [7, 11) is 0. The van der Waals surface area contributed by atoms with Crippen molar-refractivity contribution in [2.24, 2.45) is 4.99 Å². The molecule has 0 aliphatic carbocycles. The Morgan fingerprint density at radius 2 is 2.26 bits per heavy atom. The zero-order valence-electron chi connectivity index (χ0n) is 10.4. The van der Waals surface area contributed by atoms with E-state index >= 15 is 0 Å². The van der Waals surface area contributed by atoms with Gasteiger partial charge in [-0.05, 0) is 24.6 Å². The smallest absolute Gasteiger partial charge is 0.375 e. The van der Waals surface area contributed by atoms with Crippen LogP contribution in [0.5, 0.6) is 11.5 Å². The van der Waals surface area contributed by atoms with Crippen LogP contribution in [0, 0.1) is 0 Å². The van der Waals surface area contributed by atoms with Gasteiger partial charge in [0.25, 0.3) is 0 Å². The summed E-state index contributed by atoms with van der Waals surface area (Å²) in [6.07, 6.45) is 0. The Hall–Kier alpha value is -2.28. The minimum Gasteiger partial charge on any atom is -0.460 e. The maximum atomic E-state index is 11.4. The molecule has 0 saturated carbocycles. The van der Waals surface area contributed by atoms with Gasteiger partial charge in [-0.25, -0.2) is 10.3 Å². The van der Waals surface area contributed by atoms with Crippen molar-refractivity contribution in [3.05, 3.63) is 23.8 Å². The van der Waals surface area contributed by atoms with Gasteiger partial charge in [0.15, 0.2) is 11.5 Å². The van der Waals surface area contributed by atoms with Crippen molar-refractivity contribution < 1.29 is 24.2 Å². The number of benzene rings is 1. The van der Waals surface area contributed by atoms with Crippen LogP contribution in [0.1, 0.15) is 12.5 Å². The van der Waals surface area contributed by atoms with E-state index in [0.717, 1.165) is 5.56 Å². The Morgan fingerprint density at radius 3 is 3.00 bits per heavy atom. The number of nitrogens with one attached hydrogen (secondary N) is 1. The number of hydrogen-bond donors (Lipinski definition) is 2. The summed E-state index contributed by atoms with van der Waals surface area (Å²) in [4.78, 5) is 15.3. The van der Waals surface area contributed by atoms with Gasteiger partial charge < -0.3 is 14.2 Å². The molecule has 1 aromatic carbocycles. The number of aliphatic imine (C=N–C) groups is 1. The van der Waals surface area contributed by atoms with E-state index in [1.165, 1.54) is 0 Å². The van der Waals surface area contributed by atoms with Crippen molar-refractivity contribution in [2.75, 3.05) is 13.4 Å². The highest BCUT2D eigenvalue weighted by molar-refractivity contribution is 6.34. The number of hydroxylamine groups is 1. The molecule has 0 saturated heterocycles. The summed E-state index contributed by atoms with van der Waals surface area (Å²) in [6, 6.07) is 5.34. The third-order valence-corrected chi connectivity index (χ3v) is 2.43. The molecule has 0 spiro atoms. The monoisotopic (exact) mass is 266 g/mol. The van der Waals surface area contributed by atoms with Crippen LogP contribution in [0.25, 0.3) is 0 Å². The average Bonchev–Trinajstić information content (AvgIpc) is 2.87. The molecule has 0 aromatic heterocycles. The van der Waals surface area contributed by atoms with Crippen molar-refractivity contribution in [1.82, 2.24) is 5.48 Å². The molecule has 19 heavy (non-hydrogen) atoms. The normalized spacial score (nSPS) is 13.3. The van der Waals surface area contributed by atoms with Gasteiger partial charge in [-0.2, -0.15) is 0 Å². The molecule has 0 radical (unpaired) electrons. The number of amidine groups is 1. The average molecular weight is 266 g/mol. The lowest BCUT2D eigenvalue weighted by Crippen LogP contribution is -2.30. The Bertz CT molecular complexity index is 501. The number of carbonyl (C=O) groups excluding carboxylic acids is 1. The number of carbonyl (C=O) groups is 1. The first-order chi connectivity index (χ1) is 9.24. The number of ether oxygens (including phenoxy) is 3. The molecule has 0 amide bonds. The van der Waals surface area contributed by atoms with Crippen LogP contribution < -0.4 is 15.0 Å². The van der Waals surface area contributed by atoms with Gasteiger partial charge in [0, 0.05) is 0 Å². The van der Waals surface area contributed by atoms with Gasteiger partial charge in [0.1, 0.15) is 0 Å². The van der Waals surface area contributed by atoms with Gasteiger partial charge in [0.2, 0.25) is 12.6 Å². The van der Waals surface area contributed by atoms with Crippen molar-refractivity contribution in [1.29, 1.82) is 0 Å². The zero-order chi connectivity index (χ0) is 13.7. The van der Waals surface area contributed by atoms with Crippen LogP contribution in [0.3, 0.4) is 0 Å². The summed E-state index contributed by atoms with van der Waals surface area (Å²) in [6.45, 7) is 2.29. The van der Waals surface area contributed by atoms with Crippen LogP contribution in [0.4, 0.5) is 0 Å². The van der Waals surface area contributed by atoms with E-state index in [9.17, 15) is 4.79 Å². The standard InChI is InChI=1S/C12H14N2O5/c1-2-17-12(15)11(14-16)13-6-8-3-4-9-10(5-8)19-7-18-9/h3-5,16H,2,6-7H2,1H3,(H,13,14). The highest BCUT2D eigenvalue weighted by Crippen LogP contribution is 2.32. The van der Waals surface area contributed by atoms with Crippen LogP contribution in [0.2, 0.25) is 0 Å². The van der Waals surface area contributed by atoms with Crippen molar-refractivity contribution in [2.45, 2.75) is 13.5 Å². The van der Waals surface area contributed by atoms with Crippen molar-refractivity contribution in [3.63, 3.8) is 0 Å². The fourth-order valence-electron chi connectivity index (χ4n) is 1.55. The number of hydrogen-bond acceptors (Lipinski definition) is 6. The molecule has 102 valence electrons. The minimum absolute atomic E-state index is 0.203. The van der Waals surface area contributed by atoms with Crippen LogP contribution in [-0.4, -0.2) is 30.4 Å². The summed E-state index contributed by atoms with van der Waals surface area (Å²) in [5, 5.41) is 8.83. The molecule has 2 rings (SSSR count). The van der Waals surface area contributed by atoms with Gasteiger partial charge in [0.05, 0.1) is 13.2 Å². The Morgan fingerprint density at radius 1 is 1.47 bits per heavy atom. The van der Waals surface area contributed by atoms with Gasteiger partial charge >= 0.3 is 5.97 Å². The molecule has 2 N–H and O–H groups in total. The first kappa shape index (κ1) is 13.2. The SMILES string of the molecule is CCOC(=O)C(=NCc1ccc2c(c1)OCO2)NO. The van der Waals surface area contributed by atoms with Crippen molar-refractivity contribution >= 4 is 11.8 Å². The van der Waals surface area contributed by atoms with Gasteiger partial charge in [-0.15, -0.1) is 0 Å². The first-order valence-corrected chi connectivity index (χ1v) is 5.74. The third-order valence-electron chi connectivity index (χ3n) is 2.43. The molecule has 0 unspecified atom stereocenters. The molecule has 0 atom stereocenters. The predicted molar refractivity (Wildman–Crippen MR) is 65.3 cm³/mol. The molecule has 0 bridgehead atoms. The highest BCUT2D eigenvalue weighted by atomic mass is 16.7. The lowest BCUT2D eigenvalue weighted by atomic mass is 10.2. The Labute approximate surface area is 109 Å². The topological polar surface area (TPSA) is 89.4 Å². The first-order valence-electron chi connectivity index (χ1n) is 5.74. The van der Waals surface area contributed by atoms with E-state index in [0.29, 0.717) is 11.5 Å². The van der Waals surface area contributed by atoms with Gasteiger partial charge in [-0.3, -0.25) is 10.2 Å². The number of rotatable bonds is 3. The molecule has 1 aliphatic rings. The number of nitrogens with zero attached hydrogens (tertiary/aromatic N) is 1. The fraction of sp³-hybridized carbons (Fsp3) is 0.333. The molecular formula is C12H14N2O5. The summed E-state index contributed by atoms with van der Waals surface area (Å²) in [5.74, 6) is 0.381.